The van der Waals surface area contributed by atoms with Crippen LogP contribution in [-0.4, -0.2) is 122 Å². The smallest absolute Gasteiger partial charge is 0.332 e. The molecule has 420 valence electrons. The van der Waals surface area contributed by atoms with Crippen LogP contribution in [0.25, 0.3) is 45.1 Å². The summed E-state index contributed by atoms with van der Waals surface area (Å²) in [5.74, 6) is 3.93. The largest absolute Gasteiger partial charge is 0.480 e. The molecule has 0 bridgehead atoms. The highest BCUT2D eigenvalue weighted by atomic mass is 16.4. The van der Waals surface area contributed by atoms with E-state index in [-0.39, 0.29) is 59.8 Å². The normalized spacial score (nSPS) is 18.2. The number of hydrogen-bond donors (Lipinski definition) is 3. The summed E-state index contributed by atoms with van der Waals surface area (Å²) in [6.07, 6.45) is 12.7. The van der Waals surface area contributed by atoms with Gasteiger partial charge in [0.1, 0.15) is 46.7 Å². The number of aromatic nitrogens is 14. The van der Waals surface area contributed by atoms with Gasteiger partial charge in [0, 0.05) is 53.1 Å². The van der Waals surface area contributed by atoms with Crippen LogP contribution in [0.3, 0.4) is 0 Å². The van der Waals surface area contributed by atoms with Crippen LogP contribution in [0.15, 0.2) is 93.0 Å². The molecule has 0 aromatic carbocycles. The number of pyridine rings is 2. The molecule has 4 N–H and O–H groups in total. The molecule has 27 heteroatoms. The van der Waals surface area contributed by atoms with Gasteiger partial charge in [-0.3, -0.25) is 42.2 Å². The minimum atomic E-state index is -1.14. The van der Waals surface area contributed by atoms with Crippen LogP contribution in [0.4, 0.5) is 23.3 Å². The van der Waals surface area contributed by atoms with Crippen molar-refractivity contribution in [3.63, 3.8) is 0 Å². The van der Waals surface area contributed by atoms with E-state index in [1.54, 1.807) is 63.6 Å². The number of aliphatic carboxylic acids is 1. The van der Waals surface area contributed by atoms with E-state index in [9.17, 15) is 38.4 Å². The van der Waals surface area contributed by atoms with Crippen LogP contribution < -0.4 is 43.3 Å². The van der Waals surface area contributed by atoms with E-state index >= 15 is 0 Å². The number of ketones is 2. The van der Waals surface area contributed by atoms with Crippen LogP contribution in [0.1, 0.15) is 65.5 Å². The van der Waals surface area contributed by atoms with Crippen molar-refractivity contribution in [2.45, 2.75) is 78.6 Å². The molecule has 6 atom stereocenters. The van der Waals surface area contributed by atoms with Gasteiger partial charge in [0.05, 0.1) is 61.9 Å². The van der Waals surface area contributed by atoms with Crippen LogP contribution in [0, 0.1) is 23.7 Å². The highest BCUT2D eigenvalue weighted by Gasteiger charge is 2.46. The number of carboxylic acids is 1. The molecular formula is C54H60N18O9. The second-order valence-corrected chi connectivity index (χ2v) is 20.8. The van der Waals surface area contributed by atoms with Gasteiger partial charge in [-0.1, -0.05) is 26.0 Å². The Balaban J connectivity index is 0.000000151. The van der Waals surface area contributed by atoms with Crippen molar-refractivity contribution >= 4 is 69.0 Å². The third kappa shape index (κ3) is 11.1. The van der Waals surface area contributed by atoms with Crippen molar-refractivity contribution in [2.75, 3.05) is 47.0 Å². The van der Waals surface area contributed by atoms with Crippen LogP contribution >= 0.6 is 0 Å². The van der Waals surface area contributed by atoms with Crippen LogP contribution in [0.2, 0.25) is 0 Å². The van der Waals surface area contributed by atoms with Crippen molar-refractivity contribution in [2.24, 2.45) is 37.8 Å². The molecular weight excluding hydrogens is 1040 g/mol. The number of nitrogens with zero attached hydrogens (tertiary/aromatic N) is 16. The van der Waals surface area contributed by atoms with Gasteiger partial charge in [-0.15, -0.1) is 0 Å². The number of Topliss-reactive ketones (excluding diaryl/α,β-unsaturated/α-hetero) is 2. The second-order valence-electron chi connectivity index (χ2n) is 20.8. The zero-order valence-electron chi connectivity index (χ0n) is 45.4. The zero-order chi connectivity index (χ0) is 57.6. The molecule has 2 saturated carbocycles. The summed E-state index contributed by atoms with van der Waals surface area (Å²) in [5, 5.41) is 11.9. The van der Waals surface area contributed by atoms with Crippen molar-refractivity contribution in [3.05, 3.63) is 116 Å². The molecule has 4 unspecified atom stereocenters. The molecule has 12 rings (SSSR count). The number of carbonyl (C=O) groups excluding carboxylic acids is 3. The van der Waals surface area contributed by atoms with Gasteiger partial charge in [0.15, 0.2) is 33.9 Å². The summed E-state index contributed by atoms with van der Waals surface area (Å²) in [5.41, 5.74) is 5.91. The highest BCUT2D eigenvalue weighted by Crippen LogP contribution is 2.46. The number of amides is 1. The topological polar surface area (TPSA) is 334 Å². The maximum absolute atomic E-state index is 13.2. The molecule has 2 saturated heterocycles. The first kappa shape index (κ1) is 54.8. The molecule has 1 amide bonds. The Labute approximate surface area is 460 Å². The van der Waals surface area contributed by atoms with Crippen LogP contribution in [0.5, 0.6) is 0 Å². The van der Waals surface area contributed by atoms with E-state index < -0.39 is 46.5 Å². The number of aryl methyl sites for hydroxylation is 2. The first-order chi connectivity index (χ1) is 38.8. The Hall–Kier alpha value is -9.56. The maximum atomic E-state index is 13.2. The number of nitrogens with two attached hydrogens (primary N) is 1. The molecule has 81 heavy (non-hydrogen) atoms. The minimum Gasteiger partial charge on any atom is -0.480 e. The Kier molecular flexibility index (Phi) is 15.1. The number of imidazole rings is 2. The van der Waals surface area contributed by atoms with Gasteiger partial charge < -0.3 is 35.1 Å². The lowest BCUT2D eigenvalue weighted by atomic mass is 10.2. The number of nitrogen functional groups attached to an aromatic ring is 1. The van der Waals surface area contributed by atoms with Gasteiger partial charge in [0.25, 0.3) is 11.1 Å². The van der Waals surface area contributed by atoms with E-state index in [1.165, 1.54) is 60.2 Å². The Bertz CT molecular complexity index is 3990. The zero-order valence-corrected chi connectivity index (χ0v) is 45.4. The summed E-state index contributed by atoms with van der Waals surface area (Å²) in [6.45, 7) is 9.95. The number of fused-ring (bicyclic) bond motifs is 4. The van der Waals surface area contributed by atoms with Crippen molar-refractivity contribution in [3.8, 4) is 22.8 Å². The number of piperidine rings is 2. The predicted octanol–water partition coefficient (Wildman–Crippen LogP) is 2.48. The first-order valence-electron chi connectivity index (χ1n) is 26.6. The average Bonchev–Trinajstić information content (AvgIpc) is 4.19. The molecule has 2 aliphatic heterocycles. The van der Waals surface area contributed by atoms with E-state index in [0.29, 0.717) is 23.0 Å². The van der Waals surface area contributed by atoms with E-state index in [2.05, 4.69) is 55.0 Å². The molecule has 4 fully saturated rings. The van der Waals surface area contributed by atoms with Gasteiger partial charge in [-0.05, 0) is 74.6 Å². The number of carboxylic acid groups (broad SMARTS) is 1. The summed E-state index contributed by atoms with van der Waals surface area (Å²) in [7, 11) is 2.89. The lowest BCUT2D eigenvalue weighted by molar-refractivity contribution is -0.140. The van der Waals surface area contributed by atoms with E-state index in [4.69, 9.17) is 10.8 Å². The summed E-state index contributed by atoms with van der Waals surface area (Å²) in [6, 6.07) is 8.85. The molecule has 10 heterocycles. The molecule has 0 spiro atoms. The monoisotopic (exact) mass is 1100 g/mol. The van der Waals surface area contributed by atoms with Crippen molar-refractivity contribution < 1.29 is 24.3 Å². The number of nitrogens with one attached hydrogen (secondary N) is 1. The predicted molar refractivity (Wildman–Crippen MR) is 297 cm³/mol. The minimum absolute atomic E-state index is 0.0131. The SMILES string of the molecule is CCC(=O)Cn1c(=O)c2c(ncn2[C@@H](C)C(=O)Nc2cccc(-c3cnc(N4CC5CC5C4)cn3)n2)n(C)c1=O.CCC(=O)Cn1c(=O)c2c(ncn2[C@@H](C)C(=O)O)n(C)c1=O.Nc1cccc(-c2cnc(N3CC4CC4C3)cn2)n1. The lowest BCUT2D eigenvalue weighted by Gasteiger charge is -2.18. The number of hydrogen-bond acceptors (Lipinski definition) is 19. The standard InChI is InChI=1S/C27H29N9O4.C14H15N5.C13H16N4O5/c1-4-18(37)13-35-26(39)23-24(33(3)27(35)40)30-14-36(23)15(2)25(38)32-21-7-5-6-19(31-21)20-9-29-22(10-28-20)34-11-16-8-17(16)12-34;15-13-3-1-2-11(18-13)12-5-17-14(6-16-12)19-7-9-4-10(9)8-19;1-4-8(18)5-16-11(19)9-10(15(3)13(16)22)14-6-17(9)7(2)12(20)21/h5-7,9-10,14-17H,4,8,11-13H2,1-3H3,(H,31,32,38);1-3,5-6,9-10H,4,7-8H2,(H2,15,18);6-7H,4-5H2,1-3H3,(H,20,21)/t15-,16?,17?;;7-/m0.0/s1. The fourth-order valence-electron chi connectivity index (χ4n) is 10.1. The molecule has 0 radical (unpaired) electrons. The molecule has 2 aliphatic carbocycles. The molecule has 4 aliphatic rings. The quantitative estimate of drug-likeness (QED) is 0.133. The van der Waals surface area contributed by atoms with Gasteiger partial charge in [0.2, 0.25) is 5.91 Å². The van der Waals surface area contributed by atoms with Gasteiger partial charge in [-0.25, -0.2) is 54.3 Å². The second kappa shape index (κ2) is 22.3. The average molecular weight is 1110 g/mol. The van der Waals surface area contributed by atoms with Crippen molar-refractivity contribution in [1.82, 2.24) is 67.3 Å². The van der Waals surface area contributed by atoms with Gasteiger partial charge in [-0.2, -0.15) is 0 Å². The fourth-order valence-corrected chi connectivity index (χ4v) is 10.1. The number of carbonyl (C=O) groups is 4. The summed E-state index contributed by atoms with van der Waals surface area (Å²) >= 11 is 0. The van der Waals surface area contributed by atoms with Crippen molar-refractivity contribution in [1.29, 1.82) is 0 Å². The summed E-state index contributed by atoms with van der Waals surface area (Å²) in [4.78, 5) is 138. The molecule has 27 nitrogen and oxygen atoms in total. The summed E-state index contributed by atoms with van der Waals surface area (Å²) < 4.78 is 6.60. The Morgan fingerprint density at radius 1 is 0.605 bits per heavy atom. The molecule has 8 aromatic rings. The molecule has 8 aromatic heterocycles. The van der Waals surface area contributed by atoms with Gasteiger partial charge >= 0.3 is 17.3 Å². The third-order valence-electron chi connectivity index (χ3n) is 15.3. The van der Waals surface area contributed by atoms with E-state index in [0.717, 1.165) is 86.6 Å². The Morgan fingerprint density at radius 2 is 1.05 bits per heavy atom. The lowest BCUT2D eigenvalue weighted by Crippen LogP contribution is -2.41. The number of anilines is 4. The first-order valence-corrected chi connectivity index (χ1v) is 26.6. The Morgan fingerprint density at radius 3 is 1.47 bits per heavy atom. The maximum Gasteiger partial charge on any atom is 0.332 e. The number of rotatable bonds is 15. The fraction of sp³-hybridized carbons (Fsp3) is 0.407. The van der Waals surface area contributed by atoms with E-state index in [1.807, 2.05) is 18.3 Å². The third-order valence-corrected chi connectivity index (χ3v) is 15.3. The van der Waals surface area contributed by atoms with Crippen LogP contribution in [-0.2, 0) is 46.4 Å². The highest BCUT2D eigenvalue weighted by molar-refractivity contribution is 5.94.